The molecule has 0 saturated heterocycles. The fraction of sp³-hybridized carbons (Fsp3) is 0.867. The van der Waals surface area contributed by atoms with E-state index in [9.17, 15) is 5.11 Å². The molecule has 3 heteroatoms. The third-order valence-corrected chi connectivity index (χ3v) is 2.86. The van der Waals surface area contributed by atoms with E-state index in [-0.39, 0.29) is 6.04 Å². The Labute approximate surface area is 112 Å². The highest BCUT2D eigenvalue weighted by Gasteiger charge is 2.05. The van der Waals surface area contributed by atoms with Gasteiger partial charge in [0, 0.05) is 13.2 Å². The number of aliphatic hydroxyl groups is 1. The summed E-state index contributed by atoms with van der Waals surface area (Å²) in [6, 6.07) is -0.00165. The van der Waals surface area contributed by atoms with Gasteiger partial charge in [0.05, 0.1) is 18.8 Å². The monoisotopic (exact) mass is 255 g/mol. The van der Waals surface area contributed by atoms with Crippen molar-refractivity contribution in [2.45, 2.75) is 64.5 Å². The van der Waals surface area contributed by atoms with Crippen LogP contribution in [0.4, 0.5) is 0 Å². The lowest BCUT2D eigenvalue weighted by atomic mass is 10.1. The molecule has 0 aliphatic heterocycles. The van der Waals surface area contributed by atoms with Crippen LogP contribution in [0.1, 0.15) is 52.4 Å². The summed E-state index contributed by atoms with van der Waals surface area (Å²) in [4.78, 5) is 0. The number of ether oxygens (including phenoxy) is 1. The van der Waals surface area contributed by atoms with E-state index in [4.69, 9.17) is 11.2 Å². The molecule has 0 aromatic carbocycles. The molecule has 0 aliphatic carbocycles. The third-order valence-electron chi connectivity index (χ3n) is 2.86. The van der Waals surface area contributed by atoms with E-state index in [0.29, 0.717) is 13.2 Å². The van der Waals surface area contributed by atoms with Gasteiger partial charge in [0.1, 0.15) is 0 Å². The summed E-state index contributed by atoms with van der Waals surface area (Å²) in [5, 5.41) is 12.7. The second-order valence-electron chi connectivity index (χ2n) is 4.79. The highest BCUT2D eigenvalue weighted by atomic mass is 16.5. The minimum Gasteiger partial charge on any atom is -0.389 e. The molecule has 0 spiro atoms. The summed E-state index contributed by atoms with van der Waals surface area (Å²) in [5.74, 6) is 2.56. The Morgan fingerprint density at radius 2 is 1.89 bits per heavy atom. The number of hydrogen-bond donors (Lipinski definition) is 2. The van der Waals surface area contributed by atoms with Crippen LogP contribution in [0.2, 0.25) is 0 Å². The number of rotatable bonds is 12. The smallest absolute Gasteiger partial charge is 0.0898 e. The van der Waals surface area contributed by atoms with E-state index in [1.165, 1.54) is 32.1 Å². The molecule has 2 atom stereocenters. The van der Waals surface area contributed by atoms with Crippen LogP contribution >= 0.6 is 0 Å². The van der Waals surface area contributed by atoms with Gasteiger partial charge in [-0.2, -0.15) is 0 Å². The van der Waals surface area contributed by atoms with Crippen molar-refractivity contribution in [1.82, 2.24) is 5.32 Å². The first-order valence-corrected chi connectivity index (χ1v) is 7.16. The summed E-state index contributed by atoms with van der Waals surface area (Å²) in [7, 11) is 0. The van der Waals surface area contributed by atoms with Gasteiger partial charge in [0.2, 0.25) is 0 Å². The van der Waals surface area contributed by atoms with E-state index < -0.39 is 6.10 Å². The fourth-order valence-electron chi connectivity index (χ4n) is 1.63. The molecule has 0 amide bonds. The molecule has 0 fully saturated rings. The average Bonchev–Trinajstić information content (AvgIpc) is 2.39. The second kappa shape index (κ2) is 12.9. The second-order valence-corrected chi connectivity index (χ2v) is 4.79. The molecule has 0 saturated carbocycles. The maximum atomic E-state index is 9.61. The van der Waals surface area contributed by atoms with Gasteiger partial charge in [-0.1, -0.05) is 44.9 Å². The lowest BCUT2D eigenvalue weighted by molar-refractivity contribution is 0.0350. The Morgan fingerprint density at radius 1 is 1.22 bits per heavy atom. The van der Waals surface area contributed by atoms with Crippen molar-refractivity contribution in [1.29, 1.82) is 0 Å². The van der Waals surface area contributed by atoms with Gasteiger partial charge < -0.3 is 15.2 Å². The fourth-order valence-corrected chi connectivity index (χ4v) is 1.63. The lowest BCUT2D eigenvalue weighted by Crippen LogP contribution is -2.35. The van der Waals surface area contributed by atoms with Gasteiger partial charge in [0.15, 0.2) is 0 Å². The molecule has 0 rings (SSSR count). The number of unbranched alkanes of at least 4 members (excludes halogenated alkanes) is 5. The zero-order valence-corrected chi connectivity index (χ0v) is 12.0. The van der Waals surface area contributed by atoms with E-state index >= 15 is 0 Å². The number of hydrogen-bond acceptors (Lipinski definition) is 3. The first-order chi connectivity index (χ1) is 8.70. The van der Waals surface area contributed by atoms with Crippen LogP contribution in [-0.4, -0.2) is 37.0 Å². The van der Waals surface area contributed by atoms with Gasteiger partial charge in [-0.05, 0) is 13.3 Å². The van der Waals surface area contributed by atoms with Gasteiger partial charge in [0.25, 0.3) is 0 Å². The average molecular weight is 255 g/mol. The number of aliphatic hydroxyl groups excluding tert-OH is 1. The molecule has 2 N–H and O–H groups in total. The molecule has 106 valence electrons. The quantitative estimate of drug-likeness (QED) is 0.415. The Morgan fingerprint density at radius 3 is 2.56 bits per heavy atom. The topological polar surface area (TPSA) is 41.5 Å². The van der Waals surface area contributed by atoms with Crippen LogP contribution in [-0.2, 0) is 4.74 Å². The summed E-state index contributed by atoms with van der Waals surface area (Å²) in [5.41, 5.74) is 0. The number of terminal acetylenes is 1. The largest absolute Gasteiger partial charge is 0.389 e. The molecule has 18 heavy (non-hydrogen) atoms. The summed E-state index contributed by atoms with van der Waals surface area (Å²) >= 11 is 0. The lowest BCUT2D eigenvalue weighted by Gasteiger charge is -2.13. The Bertz CT molecular complexity index is 213. The van der Waals surface area contributed by atoms with Gasteiger partial charge in [-0.3, -0.25) is 0 Å². The van der Waals surface area contributed by atoms with Crippen molar-refractivity contribution in [3.63, 3.8) is 0 Å². The van der Waals surface area contributed by atoms with E-state index in [1.807, 2.05) is 6.92 Å². The number of nitrogens with one attached hydrogen (secondary N) is 1. The van der Waals surface area contributed by atoms with Crippen LogP contribution in [0.25, 0.3) is 0 Å². The van der Waals surface area contributed by atoms with Crippen molar-refractivity contribution in [3.05, 3.63) is 0 Å². The van der Waals surface area contributed by atoms with Crippen LogP contribution in [0.3, 0.4) is 0 Å². The maximum absolute atomic E-state index is 9.61. The van der Waals surface area contributed by atoms with Gasteiger partial charge >= 0.3 is 0 Å². The summed E-state index contributed by atoms with van der Waals surface area (Å²) in [6.45, 7) is 5.73. The molecule has 0 aromatic rings. The molecule has 0 aromatic heterocycles. The normalized spacial score (nSPS) is 14.1. The molecular formula is C15H29NO2. The van der Waals surface area contributed by atoms with Crippen molar-refractivity contribution in [2.24, 2.45) is 0 Å². The Kier molecular flexibility index (Phi) is 12.5. The highest BCUT2D eigenvalue weighted by Crippen LogP contribution is 2.04. The first kappa shape index (κ1) is 17.4. The predicted octanol–water partition coefficient (Wildman–Crippen LogP) is 2.34. The molecule has 2 unspecified atom stereocenters. The van der Waals surface area contributed by atoms with Crippen molar-refractivity contribution >= 4 is 0 Å². The maximum Gasteiger partial charge on any atom is 0.0898 e. The Balaban J connectivity index is 3.20. The summed E-state index contributed by atoms with van der Waals surface area (Å²) < 4.78 is 5.43. The predicted molar refractivity (Wildman–Crippen MR) is 76.5 cm³/mol. The molecule has 0 radical (unpaired) electrons. The van der Waals surface area contributed by atoms with Crippen molar-refractivity contribution in [2.75, 3.05) is 19.8 Å². The molecule has 3 nitrogen and oxygen atoms in total. The molecule has 0 aliphatic rings. The van der Waals surface area contributed by atoms with E-state index in [2.05, 4.69) is 18.2 Å². The van der Waals surface area contributed by atoms with Crippen molar-refractivity contribution < 1.29 is 9.84 Å². The van der Waals surface area contributed by atoms with Crippen LogP contribution in [0.15, 0.2) is 0 Å². The van der Waals surface area contributed by atoms with Gasteiger partial charge in [-0.15, -0.1) is 6.42 Å². The van der Waals surface area contributed by atoms with E-state index in [0.717, 1.165) is 13.0 Å². The van der Waals surface area contributed by atoms with Gasteiger partial charge in [-0.25, -0.2) is 0 Å². The minimum atomic E-state index is -0.471. The van der Waals surface area contributed by atoms with Crippen LogP contribution in [0.5, 0.6) is 0 Å². The van der Waals surface area contributed by atoms with Crippen LogP contribution < -0.4 is 5.32 Å². The van der Waals surface area contributed by atoms with Crippen molar-refractivity contribution in [3.8, 4) is 12.3 Å². The zero-order chi connectivity index (χ0) is 13.6. The first-order valence-electron chi connectivity index (χ1n) is 7.16. The summed E-state index contributed by atoms with van der Waals surface area (Å²) in [6.07, 6.45) is 12.3. The minimum absolute atomic E-state index is 0.00165. The van der Waals surface area contributed by atoms with E-state index in [1.54, 1.807) is 0 Å². The molecule has 0 bridgehead atoms. The third kappa shape index (κ3) is 11.9. The zero-order valence-electron chi connectivity index (χ0n) is 12.0. The molecular weight excluding hydrogens is 226 g/mol. The molecule has 0 heterocycles. The van der Waals surface area contributed by atoms with Crippen LogP contribution in [0, 0.1) is 12.3 Å². The standard InChI is InChI=1S/C15H29NO2/c1-4-6-7-8-9-10-11-18-13-15(17)12-16-14(3)5-2/h2,14-17H,4,6-13H2,1,3H3. The highest BCUT2D eigenvalue weighted by molar-refractivity contribution is 4.95. The Hall–Kier alpha value is -0.560. The SMILES string of the molecule is C#CC(C)NCC(O)COCCCCCCCC.